The number of aliphatic hydroxyl groups is 1. The third kappa shape index (κ3) is 21.4. The van der Waals surface area contributed by atoms with Crippen LogP contribution >= 0.6 is 69.6 Å². The molecule has 594 valence electrons. The van der Waals surface area contributed by atoms with Crippen LogP contribution in [0.4, 0.5) is 10.2 Å². The molecule has 32 nitrogen and oxygen atoms in total. The highest BCUT2D eigenvalue weighted by Gasteiger charge is 2.34. The van der Waals surface area contributed by atoms with Gasteiger partial charge in [0.2, 0.25) is 11.9 Å². The predicted octanol–water partition coefficient (Wildman–Crippen LogP) is 9.12. The molecule has 4 atom stereocenters. The summed E-state index contributed by atoms with van der Waals surface area (Å²) in [7, 11) is 0. The molecular formula is C76H67Cl6FN18O14. The smallest absolute Gasteiger partial charge is 0.328 e. The van der Waals surface area contributed by atoms with Crippen LogP contribution in [0, 0.1) is 22.9 Å². The minimum atomic E-state index is -1.50. The Kier molecular flexibility index (Phi) is 28.9. The summed E-state index contributed by atoms with van der Waals surface area (Å²) in [5.74, 6) is -6.80. The van der Waals surface area contributed by atoms with Crippen LogP contribution in [-0.2, 0) is 46.7 Å². The van der Waals surface area contributed by atoms with Crippen molar-refractivity contribution in [3.8, 4) is 18.1 Å². The molecule has 12 rings (SSSR count). The van der Waals surface area contributed by atoms with Crippen molar-refractivity contribution in [1.29, 1.82) is 10.5 Å². The van der Waals surface area contributed by atoms with Crippen molar-refractivity contribution in [2.24, 2.45) is 15.7 Å². The lowest BCUT2D eigenvalue weighted by Crippen LogP contribution is -2.45. The molecule has 0 saturated heterocycles. The minimum Gasteiger partial charge on any atom is -0.508 e. The van der Waals surface area contributed by atoms with Crippen molar-refractivity contribution in [3.05, 3.63) is 232 Å². The van der Waals surface area contributed by atoms with Crippen LogP contribution < -0.4 is 43.0 Å². The number of halogens is 7. The van der Waals surface area contributed by atoms with Gasteiger partial charge >= 0.3 is 17.9 Å². The van der Waals surface area contributed by atoms with E-state index in [0.29, 0.717) is 99.3 Å². The minimum absolute atomic E-state index is 0.00542. The normalized spacial score (nSPS) is 13.4. The van der Waals surface area contributed by atoms with Gasteiger partial charge in [-0.15, -0.1) is 0 Å². The molecule has 1 unspecified atom stereocenters. The average Bonchev–Trinajstić information content (AvgIpc) is 1.77. The van der Waals surface area contributed by atoms with Gasteiger partial charge in [-0.05, 0) is 144 Å². The van der Waals surface area contributed by atoms with E-state index in [2.05, 4.69) is 62.3 Å². The molecule has 6 heterocycles. The third-order valence-electron chi connectivity index (χ3n) is 17.9. The molecule has 14 N–H and O–H groups in total. The van der Waals surface area contributed by atoms with Crippen LogP contribution in [-0.4, -0.2) is 178 Å². The number of nitrogens with zero attached hydrogens (tertiary/aromatic N) is 10. The first-order valence-electron chi connectivity index (χ1n) is 34.6. The topological polar surface area (TPSA) is 483 Å². The monoisotopic (exact) mass is 1680 g/mol. The number of aromatic nitrogens is 4. The standard InChI is InChI=1S/C29H23Cl2N7O4.C24H20Cl2N6O5.C23H24Cl2FN5O5/c30-20-11-16-14-37(28(40)22-12-17-5-3-4-9-38(17)36-22)10-8-18(16)25(31)24(20)27(39)35-23(29(41)42)13-32-26-19-6-1-2-7-21(19)33-15-34-26;25-16-7-14-10-32(22(34)13-2-1-12-4-6-37-18(12)8-13)5-3-15(14)20(26)19(16)21(33)31-17(23(35)36)9-29-24(28)30-11-27;24-16-8-13(4-5-19(33)14-2-1-3-15(32)10-14)9-17(25)20(16)21(34)31-18(22(35)36)11-29-23(30-12-27)28-7-6-26/h1-7,9,11-12,15,23H,8,10,13-14H2,(H,35,39)(H,41,42)(H,32,33,34);1-2,4,6-8,17H,3,5,9-10H2,(H,31,33)(H,35,36)(H3,28,29,30);1-3,8-10,18-19,32-33H,4-7,11H2,(H,31,34)(H,35,36)(H2,28,29,30)/t23-;17-;18-,19?/m000/s1. The SMILES string of the molecule is N#CNC(=NC[C@H](NC(=O)c1c(Cl)cc(CCC(O)c2cccc(O)c2)cc1Cl)C(=O)O)NCCF.N#CNC(N)=NC[C@H](NC(=O)c1c(Cl)cc2c(c1Cl)CCN(C(=O)c1ccc3ccoc3c1)C2)C(=O)O.O=C(N[C@@H](CNc1ncnc2ccccc12)C(=O)O)c1c(Cl)cc2c(c1Cl)CCN(C(=O)c1cc3ccccn3n1)C2. The quantitative estimate of drug-likeness (QED) is 0.0116. The summed E-state index contributed by atoms with van der Waals surface area (Å²) in [4.78, 5) is 120. The predicted molar refractivity (Wildman–Crippen MR) is 424 cm³/mol. The lowest BCUT2D eigenvalue weighted by molar-refractivity contribution is -0.139. The number of hydrogen-bond acceptors (Lipinski definition) is 19. The highest BCUT2D eigenvalue weighted by molar-refractivity contribution is 6.42. The Labute approximate surface area is 682 Å². The van der Waals surface area contributed by atoms with E-state index in [1.165, 1.54) is 30.6 Å². The van der Waals surface area contributed by atoms with Gasteiger partial charge in [0.1, 0.15) is 48.3 Å². The zero-order valence-electron chi connectivity index (χ0n) is 59.9. The number of benzene rings is 6. The second kappa shape index (κ2) is 39.2. The number of carbonyl (C=O) groups excluding carboxylic acids is 5. The largest absolute Gasteiger partial charge is 0.508 e. The van der Waals surface area contributed by atoms with Crippen LogP contribution in [0.2, 0.25) is 30.1 Å². The number of carbonyl (C=O) groups is 8. The lowest BCUT2D eigenvalue weighted by Gasteiger charge is -2.30. The first-order valence-corrected chi connectivity index (χ1v) is 36.9. The number of guanidine groups is 2. The number of aliphatic hydroxyl groups excluding tert-OH is 1. The number of fused-ring (bicyclic) bond motifs is 5. The van der Waals surface area contributed by atoms with Gasteiger partial charge in [0.15, 0.2) is 18.1 Å². The van der Waals surface area contributed by atoms with Gasteiger partial charge in [0.05, 0.1) is 83.3 Å². The van der Waals surface area contributed by atoms with Gasteiger partial charge < -0.3 is 72.1 Å². The molecule has 10 aromatic rings. The van der Waals surface area contributed by atoms with Crippen LogP contribution in [0.25, 0.3) is 27.4 Å². The number of hydrogen-bond donors (Lipinski definition) is 13. The van der Waals surface area contributed by atoms with Crippen LogP contribution in [0.1, 0.15) is 97.8 Å². The second-order valence-corrected chi connectivity index (χ2v) is 27.8. The zero-order valence-corrected chi connectivity index (χ0v) is 64.4. The number of phenolic OH excluding ortho intramolecular Hbond substituents is 1. The van der Waals surface area contributed by atoms with Crippen molar-refractivity contribution in [2.45, 2.75) is 63.0 Å². The molecule has 0 aliphatic carbocycles. The second-order valence-electron chi connectivity index (χ2n) is 25.4. The molecular weight excluding hydrogens is 1620 g/mol. The number of nitrogens with two attached hydrogens (primary N) is 1. The summed E-state index contributed by atoms with van der Waals surface area (Å²) >= 11 is 38.7. The Morgan fingerprint density at radius 1 is 0.652 bits per heavy atom. The summed E-state index contributed by atoms with van der Waals surface area (Å²) in [5, 5.41) is 88.9. The molecule has 115 heavy (non-hydrogen) atoms. The summed E-state index contributed by atoms with van der Waals surface area (Å²) < 4.78 is 19.4. The number of amides is 5. The van der Waals surface area contributed by atoms with E-state index in [9.17, 15) is 68.3 Å². The summed E-state index contributed by atoms with van der Waals surface area (Å²) in [6, 6.07) is 29.7. The van der Waals surface area contributed by atoms with E-state index in [1.807, 2.05) is 54.6 Å². The fourth-order valence-electron chi connectivity index (χ4n) is 12.2. The van der Waals surface area contributed by atoms with E-state index in [-0.39, 0.29) is 109 Å². The lowest BCUT2D eigenvalue weighted by atomic mass is 9.96. The number of nitriles is 2. The Morgan fingerprint density at radius 2 is 1.24 bits per heavy atom. The number of carboxylic acid groups (broad SMARTS) is 3. The number of aliphatic imine (C=N–C) groups is 2. The highest BCUT2D eigenvalue weighted by atomic mass is 35.5. The van der Waals surface area contributed by atoms with Crippen molar-refractivity contribution in [3.63, 3.8) is 0 Å². The molecule has 0 bridgehead atoms. The number of aryl methyl sites for hydroxylation is 1. The highest BCUT2D eigenvalue weighted by Crippen LogP contribution is 2.38. The Hall–Kier alpha value is -12.6. The fraction of sp³-hybridized carbons (Fsp3) is 0.224. The first kappa shape index (κ1) is 84.8. The van der Waals surface area contributed by atoms with E-state index in [4.69, 9.17) is 90.3 Å². The van der Waals surface area contributed by atoms with Crippen molar-refractivity contribution >= 4 is 162 Å². The number of anilines is 1. The van der Waals surface area contributed by atoms with Crippen LogP contribution in [0.5, 0.6) is 5.75 Å². The number of carboxylic acids is 3. The number of nitrogens with one attached hydrogen (secondary N) is 7. The number of furan rings is 1. The number of para-hydroxylation sites is 1. The maximum absolute atomic E-state index is 13.3. The molecule has 2 aliphatic heterocycles. The van der Waals surface area contributed by atoms with E-state index in [1.54, 1.807) is 81.6 Å². The first-order chi connectivity index (χ1) is 55.1. The van der Waals surface area contributed by atoms with Gasteiger partial charge in [0, 0.05) is 61.8 Å². The van der Waals surface area contributed by atoms with Crippen LogP contribution in [0.3, 0.4) is 0 Å². The van der Waals surface area contributed by atoms with E-state index >= 15 is 0 Å². The van der Waals surface area contributed by atoms with Gasteiger partial charge in [-0.3, -0.25) is 34.6 Å². The number of rotatable bonds is 24. The van der Waals surface area contributed by atoms with Crippen molar-refractivity contribution < 1.29 is 72.7 Å². The number of aromatic hydroxyl groups is 1. The molecule has 4 aromatic heterocycles. The summed E-state index contributed by atoms with van der Waals surface area (Å²) in [6.07, 6.45) is 8.37. The summed E-state index contributed by atoms with van der Waals surface area (Å²) in [5.41, 5.74) is 12.0. The number of aliphatic carboxylic acids is 3. The zero-order chi connectivity index (χ0) is 82.7. The van der Waals surface area contributed by atoms with E-state index < -0.39 is 79.6 Å². The maximum Gasteiger partial charge on any atom is 0.328 e. The van der Waals surface area contributed by atoms with Crippen molar-refractivity contribution in [1.82, 2.24) is 61.3 Å². The third-order valence-corrected chi connectivity index (χ3v) is 19.9. The molecule has 2 aliphatic rings. The molecule has 5 amide bonds. The fourth-order valence-corrected chi connectivity index (χ4v) is 14.4. The molecule has 0 fully saturated rings. The van der Waals surface area contributed by atoms with Gasteiger partial charge in [-0.1, -0.05) is 106 Å². The Bertz CT molecular complexity index is 5500. The molecule has 6 aromatic carbocycles. The van der Waals surface area contributed by atoms with Crippen LogP contribution in [0.15, 0.2) is 155 Å². The van der Waals surface area contributed by atoms with Gasteiger partial charge in [-0.25, -0.2) is 43.2 Å². The number of phenols is 1. The maximum atomic E-state index is 13.3. The van der Waals surface area contributed by atoms with Crippen molar-refractivity contribution in [2.75, 3.05) is 51.3 Å². The molecule has 0 saturated carbocycles. The van der Waals surface area contributed by atoms with Gasteiger partial charge in [0.25, 0.3) is 29.5 Å². The Morgan fingerprint density at radius 3 is 1.85 bits per heavy atom. The molecule has 0 radical (unpaired) electrons. The average molecular weight is 1690 g/mol. The van der Waals surface area contributed by atoms with E-state index in [0.717, 1.165) is 10.9 Å². The summed E-state index contributed by atoms with van der Waals surface area (Å²) in [6.45, 7) is -0.775. The molecule has 39 heteroatoms. The Balaban J connectivity index is 0.000000183. The number of pyridine rings is 1. The molecule has 0 spiro atoms. The van der Waals surface area contributed by atoms with Gasteiger partial charge in [-0.2, -0.15) is 15.6 Å². The number of alkyl halides is 1.